The number of rotatable bonds is 3. The van der Waals surface area contributed by atoms with Crippen molar-refractivity contribution >= 4 is 5.82 Å². The second-order valence-corrected chi connectivity index (χ2v) is 4.91. The predicted molar refractivity (Wildman–Crippen MR) is 64.5 cm³/mol. The summed E-state index contributed by atoms with van der Waals surface area (Å²) in [5, 5.41) is 0. The van der Waals surface area contributed by atoms with Crippen molar-refractivity contribution in [2.45, 2.75) is 40.0 Å². The van der Waals surface area contributed by atoms with Crippen LogP contribution in [0.4, 0.5) is 5.82 Å². The molecule has 3 nitrogen and oxygen atoms in total. The van der Waals surface area contributed by atoms with Crippen LogP contribution in [0.25, 0.3) is 0 Å². The summed E-state index contributed by atoms with van der Waals surface area (Å²) in [6.07, 6.45) is 2.85. The lowest BCUT2D eigenvalue weighted by molar-refractivity contribution is 0.313. The zero-order chi connectivity index (χ0) is 11.5. The molecule has 0 fully saturated rings. The number of nitrogen functional groups attached to an aromatic ring is 1. The fourth-order valence-electron chi connectivity index (χ4n) is 2.12. The molecule has 0 aliphatic carbocycles. The molecule has 0 aliphatic rings. The molecule has 0 bridgehead atoms. The van der Waals surface area contributed by atoms with Crippen LogP contribution in [0.2, 0.25) is 0 Å². The van der Waals surface area contributed by atoms with Crippen molar-refractivity contribution in [1.82, 2.24) is 4.98 Å². The van der Waals surface area contributed by atoms with Gasteiger partial charge in [0.15, 0.2) is 0 Å². The maximum absolute atomic E-state index is 5.47. The van der Waals surface area contributed by atoms with Crippen LogP contribution in [0.1, 0.15) is 45.6 Å². The van der Waals surface area contributed by atoms with E-state index in [1.807, 2.05) is 6.07 Å². The summed E-state index contributed by atoms with van der Waals surface area (Å²) in [4.78, 5) is 4.24. The molecule has 0 radical (unpaired) electrons. The van der Waals surface area contributed by atoms with Gasteiger partial charge in [-0.05, 0) is 29.4 Å². The van der Waals surface area contributed by atoms with E-state index in [4.69, 9.17) is 5.84 Å². The summed E-state index contributed by atoms with van der Waals surface area (Å²) in [6, 6.07) is 4.06. The first-order chi connectivity index (χ1) is 7.00. The Morgan fingerprint density at radius 3 is 2.60 bits per heavy atom. The molecule has 1 unspecified atom stereocenters. The molecule has 84 valence electrons. The maximum atomic E-state index is 5.47. The Kier molecular flexibility index (Phi) is 3.69. The highest BCUT2D eigenvalue weighted by atomic mass is 15.2. The van der Waals surface area contributed by atoms with Crippen molar-refractivity contribution in [3.63, 3.8) is 0 Å². The van der Waals surface area contributed by atoms with Crippen LogP contribution in [0, 0.1) is 5.41 Å². The highest BCUT2D eigenvalue weighted by Crippen LogP contribution is 2.39. The number of anilines is 1. The first-order valence-electron chi connectivity index (χ1n) is 5.42. The van der Waals surface area contributed by atoms with Gasteiger partial charge in [-0.25, -0.2) is 10.8 Å². The van der Waals surface area contributed by atoms with Crippen molar-refractivity contribution in [3.05, 3.63) is 23.9 Å². The third-order valence-corrected chi connectivity index (χ3v) is 2.80. The number of hydrazine groups is 1. The van der Waals surface area contributed by atoms with Gasteiger partial charge in [0.05, 0.1) is 0 Å². The molecule has 1 atom stereocenters. The van der Waals surface area contributed by atoms with Crippen molar-refractivity contribution in [3.8, 4) is 0 Å². The number of hydrogen-bond donors (Lipinski definition) is 2. The number of hydrogen-bond acceptors (Lipinski definition) is 3. The van der Waals surface area contributed by atoms with Gasteiger partial charge >= 0.3 is 0 Å². The summed E-state index contributed by atoms with van der Waals surface area (Å²) in [5.41, 5.74) is 4.10. The van der Waals surface area contributed by atoms with Gasteiger partial charge in [0.1, 0.15) is 5.82 Å². The average Bonchev–Trinajstić information content (AvgIpc) is 2.17. The monoisotopic (exact) mass is 207 g/mol. The molecule has 1 aromatic rings. The van der Waals surface area contributed by atoms with Crippen molar-refractivity contribution in [2.75, 3.05) is 5.43 Å². The predicted octanol–water partition coefficient (Wildman–Crippen LogP) is 2.91. The van der Waals surface area contributed by atoms with Crippen LogP contribution in [0.5, 0.6) is 0 Å². The van der Waals surface area contributed by atoms with Gasteiger partial charge in [-0.1, -0.05) is 33.8 Å². The Bertz CT molecular complexity index is 315. The summed E-state index contributed by atoms with van der Waals surface area (Å²) in [6.45, 7) is 8.93. The first kappa shape index (κ1) is 12.0. The number of nitrogens with one attached hydrogen (secondary N) is 1. The SMILES string of the molecule is CCC(c1cccnc1NN)C(C)(C)C. The van der Waals surface area contributed by atoms with E-state index in [9.17, 15) is 0 Å². The van der Waals surface area contributed by atoms with E-state index in [0.717, 1.165) is 12.2 Å². The second-order valence-electron chi connectivity index (χ2n) is 4.91. The Morgan fingerprint density at radius 1 is 1.47 bits per heavy atom. The van der Waals surface area contributed by atoms with Crippen LogP contribution in [-0.4, -0.2) is 4.98 Å². The lowest BCUT2D eigenvalue weighted by atomic mass is 9.75. The van der Waals surface area contributed by atoms with Gasteiger partial charge in [0.2, 0.25) is 0 Å². The fraction of sp³-hybridized carbons (Fsp3) is 0.583. The van der Waals surface area contributed by atoms with Gasteiger partial charge in [-0.15, -0.1) is 0 Å². The second kappa shape index (κ2) is 4.62. The summed E-state index contributed by atoms with van der Waals surface area (Å²) in [7, 11) is 0. The molecule has 0 saturated heterocycles. The van der Waals surface area contributed by atoms with Crippen LogP contribution >= 0.6 is 0 Å². The zero-order valence-electron chi connectivity index (χ0n) is 10.0. The largest absolute Gasteiger partial charge is 0.308 e. The Balaban J connectivity index is 3.12. The minimum atomic E-state index is 0.226. The summed E-state index contributed by atoms with van der Waals surface area (Å²) in [5.74, 6) is 6.73. The Morgan fingerprint density at radius 2 is 2.13 bits per heavy atom. The van der Waals surface area contributed by atoms with E-state index in [1.54, 1.807) is 6.20 Å². The Labute approximate surface area is 92.1 Å². The summed E-state index contributed by atoms with van der Waals surface area (Å²) < 4.78 is 0. The van der Waals surface area contributed by atoms with Gasteiger partial charge in [-0.3, -0.25) is 0 Å². The molecule has 3 heteroatoms. The lowest BCUT2D eigenvalue weighted by Crippen LogP contribution is -2.21. The van der Waals surface area contributed by atoms with Crippen LogP contribution in [-0.2, 0) is 0 Å². The van der Waals surface area contributed by atoms with Crippen molar-refractivity contribution in [2.24, 2.45) is 11.3 Å². The lowest BCUT2D eigenvalue weighted by Gasteiger charge is -2.31. The van der Waals surface area contributed by atoms with E-state index in [-0.39, 0.29) is 5.41 Å². The zero-order valence-corrected chi connectivity index (χ0v) is 10.0. The van der Waals surface area contributed by atoms with E-state index >= 15 is 0 Å². The minimum absolute atomic E-state index is 0.226. The highest BCUT2D eigenvalue weighted by Gasteiger charge is 2.26. The normalized spacial score (nSPS) is 13.7. The molecule has 0 saturated carbocycles. The van der Waals surface area contributed by atoms with Crippen LogP contribution in [0.3, 0.4) is 0 Å². The number of nitrogens with zero attached hydrogens (tertiary/aromatic N) is 1. The van der Waals surface area contributed by atoms with Gasteiger partial charge in [0, 0.05) is 6.20 Å². The van der Waals surface area contributed by atoms with E-state index in [2.05, 4.69) is 44.2 Å². The summed E-state index contributed by atoms with van der Waals surface area (Å²) >= 11 is 0. The minimum Gasteiger partial charge on any atom is -0.308 e. The standard InChI is InChI=1S/C12H21N3/c1-5-10(12(2,3)4)9-7-6-8-14-11(9)15-13/h6-8,10H,5,13H2,1-4H3,(H,14,15). The molecule has 0 spiro atoms. The highest BCUT2D eigenvalue weighted by molar-refractivity contribution is 5.45. The van der Waals surface area contributed by atoms with E-state index in [0.29, 0.717) is 5.92 Å². The van der Waals surface area contributed by atoms with Crippen molar-refractivity contribution in [1.29, 1.82) is 0 Å². The number of aromatic nitrogens is 1. The molecule has 1 rings (SSSR count). The smallest absolute Gasteiger partial charge is 0.143 e. The topological polar surface area (TPSA) is 50.9 Å². The first-order valence-corrected chi connectivity index (χ1v) is 5.42. The number of nitrogens with two attached hydrogens (primary N) is 1. The molecule has 0 aliphatic heterocycles. The maximum Gasteiger partial charge on any atom is 0.143 e. The average molecular weight is 207 g/mol. The van der Waals surface area contributed by atoms with Crippen LogP contribution < -0.4 is 11.3 Å². The molecule has 15 heavy (non-hydrogen) atoms. The van der Waals surface area contributed by atoms with Gasteiger partial charge in [0.25, 0.3) is 0 Å². The molecule has 0 aromatic carbocycles. The molecule has 1 aromatic heterocycles. The van der Waals surface area contributed by atoms with Crippen LogP contribution in [0.15, 0.2) is 18.3 Å². The molecular formula is C12H21N3. The van der Waals surface area contributed by atoms with Gasteiger partial charge in [-0.2, -0.15) is 0 Å². The fourth-order valence-corrected chi connectivity index (χ4v) is 2.12. The molecule has 3 N–H and O–H groups in total. The Hall–Kier alpha value is -1.09. The third-order valence-electron chi connectivity index (χ3n) is 2.80. The quantitative estimate of drug-likeness (QED) is 0.592. The van der Waals surface area contributed by atoms with E-state index in [1.165, 1.54) is 5.56 Å². The third kappa shape index (κ3) is 2.69. The molecular weight excluding hydrogens is 186 g/mol. The van der Waals surface area contributed by atoms with Gasteiger partial charge < -0.3 is 5.43 Å². The van der Waals surface area contributed by atoms with E-state index < -0.39 is 0 Å². The molecule has 0 amide bonds. The molecule has 1 heterocycles. The number of pyridine rings is 1. The van der Waals surface area contributed by atoms with Crippen molar-refractivity contribution < 1.29 is 0 Å².